The third-order valence-electron chi connectivity index (χ3n) is 4.45. The molecule has 0 radical (unpaired) electrons. The van der Waals surface area contributed by atoms with Crippen LogP contribution in [-0.2, 0) is 6.42 Å². The highest BCUT2D eigenvalue weighted by Crippen LogP contribution is 2.38. The van der Waals surface area contributed by atoms with Crippen LogP contribution in [0.4, 0.5) is 4.39 Å². The molecule has 6 nitrogen and oxygen atoms in total. The molecule has 1 N–H and O–H groups in total. The molecule has 4 heterocycles. The van der Waals surface area contributed by atoms with Crippen LogP contribution in [-0.4, -0.2) is 37.3 Å². The number of imidazole rings is 1. The molecule has 0 bridgehead atoms. The minimum absolute atomic E-state index is 0.212. The molecular formula is C17H11ClFN5OS2. The van der Waals surface area contributed by atoms with Gasteiger partial charge in [0.05, 0.1) is 22.2 Å². The van der Waals surface area contributed by atoms with Crippen molar-refractivity contribution in [3.63, 3.8) is 0 Å². The maximum Gasteiger partial charge on any atom is 0.283 e. The number of H-pyrrole nitrogens is 1. The first-order chi connectivity index (χ1) is 13.1. The number of benzene rings is 1. The van der Waals surface area contributed by atoms with Crippen molar-refractivity contribution in [3.05, 3.63) is 62.3 Å². The molecule has 136 valence electrons. The van der Waals surface area contributed by atoms with Gasteiger partial charge in [0, 0.05) is 30.1 Å². The molecule has 0 spiro atoms. The first-order valence-electron chi connectivity index (χ1n) is 8.10. The number of nitrogens with zero attached hydrogens (tertiary/aromatic N) is 4. The summed E-state index contributed by atoms with van der Waals surface area (Å²) in [6.07, 6.45) is 2.29. The van der Waals surface area contributed by atoms with E-state index < -0.39 is 6.04 Å². The van der Waals surface area contributed by atoms with Gasteiger partial charge < -0.3 is 9.88 Å². The fraction of sp³-hybridized carbons (Fsp3) is 0.176. The Kier molecular flexibility index (Phi) is 3.96. The highest BCUT2D eigenvalue weighted by molar-refractivity contribution is 7.18. The molecule has 0 aliphatic carbocycles. The van der Waals surface area contributed by atoms with Crippen LogP contribution in [0.1, 0.15) is 32.2 Å². The van der Waals surface area contributed by atoms with Crippen molar-refractivity contribution < 1.29 is 9.18 Å². The van der Waals surface area contributed by atoms with Crippen LogP contribution in [0.5, 0.6) is 0 Å². The van der Waals surface area contributed by atoms with Gasteiger partial charge in [-0.15, -0.1) is 22.7 Å². The Morgan fingerprint density at radius 2 is 2.26 bits per heavy atom. The summed E-state index contributed by atoms with van der Waals surface area (Å²) in [5, 5.41) is 2.96. The topological polar surface area (TPSA) is 74.8 Å². The van der Waals surface area contributed by atoms with Gasteiger partial charge >= 0.3 is 0 Å². The molecule has 1 aliphatic heterocycles. The largest absolute Gasteiger partial charge is 0.348 e. The number of nitrogens with one attached hydrogen (secondary N) is 1. The van der Waals surface area contributed by atoms with E-state index in [9.17, 15) is 9.18 Å². The van der Waals surface area contributed by atoms with Crippen molar-refractivity contribution in [2.75, 3.05) is 6.54 Å². The third-order valence-corrected chi connectivity index (χ3v) is 6.69. The summed E-state index contributed by atoms with van der Waals surface area (Å²) in [5.74, 6) is -0.551. The molecule has 3 aromatic heterocycles. The van der Waals surface area contributed by atoms with Gasteiger partial charge in [-0.2, -0.15) is 0 Å². The lowest BCUT2D eigenvalue weighted by molar-refractivity contribution is 0.0690. The second-order valence-corrected chi connectivity index (χ2v) is 8.36. The van der Waals surface area contributed by atoms with Crippen molar-refractivity contribution in [2.45, 2.75) is 12.5 Å². The number of halogens is 2. The summed E-state index contributed by atoms with van der Waals surface area (Å²) in [6.45, 7) is 0.500. The summed E-state index contributed by atoms with van der Waals surface area (Å²) in [7, 11) is 0. The Balaban J connectivity index is 1.63. The zero-order valence-corrected chi connectivity index (χ0v) is 16.0. The van der Waals surface area contributed by atoms with Gasteiger partial charge in [0.2, 0.25) is 0 Å². The number of carbonyl (C=O) groups is 1. The lowest BCUT2D eigenvalue weighted by Crippen LogP contribution is -2.40. The third kappa shape index (κ3) is 2.82. The first-order valence-corrected chi connectivity index (χ1v) is 10.2. The molecule has 1 aliphatic rings. The van der Waals surface area contributed by atoms with Crippen molar-refractivity contribution >= 4 is 50.4 Å². The summed E-state index contributed by atoms with van der Waals surface area (Å²) in [5.41, 5.74) is 2.31. The number of carbonyl (C=O) groups excluding carboxylic acids is 1. The highest BCUT2D eigenvalue weighted by Gasteiger charge is 2.37. The van der Waals surface area contributed by atoms with Crippen molar-refractivity contribution in [1.29, 1.82) is 0 Å². The van der Waals surface area contributed by atoms with Gasteiger partial charge in [0.1, 0.15) is 22.0 Å². The van der Waals surface area contributed by atoms with Gasteiger partial charge in [-0.05, 0) is 12.1 Å². The Hall–Kier alpha value is -2.36. The van der Waals surface area contributed by atoms with Crippen molar-refractivity contribution in [3.8, 4) is 0 Å². The van der Waals surface area contributed by atoms with Crippen LogP contribution >= 0.6 is 34.3 Å². The van der Waals surface area contributed by atoms with E-state index in [0.29, 0.717) is 33.7 Å². The average Bonchev–Trinajstić information content (AvgIpc) is 3.38. The minimum Gasteiger partial charge on any atom is -0.348 e. The number of aromatic amines is 1. The second-order valence-electron chi connectivity index (χ2n) is 6.06. The molecule has 0 unspecified atom stereocenters. The quantitative estimate of drug-likeness (QED) is 0.531. The molecule has 4 aromatic rings. The van der Waals surface area contributed by atoms with Gasteiger partial charge in [0.25, 0.3) is 5.91 Å². The summed E-state index contributed by atoms with van der Waals surface area (Å²) in [4.78, 5) is 31.1. The molecule has 10 heteroatoms. The van der Waals surface area contributed by atoms with E-state index in [-0.39, 0.29) is 11.7 Å². The predicted molar refractivity (Wildman–Crippen MR) is 102 cm³/mol. The molecule has 27 heavy (non-hydrogen) atoms. The maximum atomic E-state index is 13.6. The lowest BCUT2D eigenvalue weighted by atomic mass is 10.0. The van der Waals surface area contributed by atoms with Crippen LogP contribution in [0.25, 0.3) is 10.2 Å². The van der Waals surface area contributed by atoms with E-state index in [1.165, 1.54) is 34.8 Å². The number of amides is 1. The number of fused-ring (bicyclic) bond motifs is 2. The molecular weight excluding hydrogens is 409 g/mol. The minimum atomic E-state index is -0.448. The van der Waals surface area contributed by atoms with Crippen LogP contribution in [0.15, 0.2) is 29.9 Å². The monoisotopic (exact) mass is 419 g/mol. The lowest BCUT2D eigenvalue weighted by Gasteiger charge is -2.33. The highest BCUT2D eigenvalue weighted by atomic mass is 35.5. The zero-order chi connectivity index (χ0) is 18.5. The standard InChI is InChI=1S/C17H11ClFN5OS2/c18-12-6-26-16(23-12)17(25)24-4-3-9-13(21-7-20-9)14(24)15-22-10-5-8(19)1-2-11(10)27-15/h1-2,5-7,14H,3-4H2,(H,20,21)/t14-/m0/s1. The zero-order valence-electron chi connectivity index (χ0n) is 13.6. The molecule has 1 atom stereocenters. The Morgan fingerprint density at radius 3 is 3.07 bits per heavy atom. The van der Waals surface area contributed by atoms with Gasteiger partial charge in [0.15, 0.2) is 5.01 Å². The Bertz CT molecular complexity index is 1170. The number of rotatable bonds is 2. The summed E-state index contributed by atoms with van der Waals surface area (Å²) >= 11 is 8.54. The van der Waals surface area contributed by atoms with Crippen LogP contribution < -0.4 is 0 Å². The van der Waals surface area contributed by atoms with E-state index in [4.69, 9.17) is 11.6 Å². The Labute approximate surface area is 165 Å². The van der Waals surface area contributed by atoms with E-state index in [1.807, 2.05) is 0 Å². The van der Waals surface area contributed by atoms with Crippen molar-refractivity contribution in [2.24, 2.45) is 0 Å². The fourth-order valence-electron chi connectivity index (χ4n) is 3.26. The predicted octanol–water partition coefficient (Wildman–Crippen LogP) is 4.06. The number of hydrogen-bond acceptors (Lipinski definition) is 6. The van der Waals surface area contributed by atoms with Gasteiger partial charge in [-0.1, -0.05) is 11.6 Å². The maximum absolute atomic E-state index is 13.6. The molecule has 5 rings (SSSR count). The molecule has 0 fully saturated rings. The van der Waals surface area contributed by atoms with E-state index in [0.717, 1.165) is 16.1 Å². The van der Waals surface area contributed by atoms with Crippen LogP contribution in [0.3, 0.4) is 0 Å². The molecule has 1 aromatic carbocycles. The van der Waals surface area contributed by atoms with Gasteiger partial charge in [-0.25, -0.2) is 19.3 Å². The summed E-state index contributed by atoms with van der Waals surface area (Å²) in [6, 6.07) is 4.06. The average molecular weight is 420 g/mol. The van der Waals surface area contributed by atoms with E-state index in [2.05, 4.69) is 19.9 Å². The summed E-state index contributed by atoms with van der Waals surface area (Å²) < 4.78 is 14.4. The smallest absolute Gasteiger partial charge is 0.283 e. The number of aromatic nitrogens is 4. The van der Waals surface area contributed by atoms with Crippen LogP contribution in [0, 0.1) is 5.82 Å². The molecule has 0 saturated carbocycles. The van der Waals surface area contributed by atoms with E-state index >= 15 is 0 Å². The Morgan fingerprint density at radius 1 is 1.37 bits per heavy atom. The SMILES string of the molecule is O=C(c1nc(Cl)cs1)N1CCc2[nH]cnc2[C@H]1c1nc2cc(F)ccc2s1. The molecule has 1 amide bonds. The number of hydrogen-bond donors (Lipinski definition) is 1. The first kappa shape index (κ1) is 16.8. The fourth-order valence-corrected chi connectivity index (χ4v) is 5.22. The van der Waals surface area contributed by atoms with E-state index in [1.54, 1.807) is 22.7 Å². The number of thiazole rings is 2. The van der Waals surface area contributed by atoms with Crippen LogP contribution in [0.2, 0.25) is 5.15 Å². The van der Waals surface area contributed by atoms with Gasteiger partial charge in [-0.3, -0.25) is 4.79 Å². The second kappa shape index (κ2) is 6.36. The molecule has 0 saturated heterocycles. The van der Waals surface area contributed by atoms with Crippen molar-refractivity contribution in [1.82, 2.24) is 24.8 Å². The normalized spacial score (nSPS) is 16.7.